The van der Waals surface area contributed by atoms with Crippen LogP contribution >= 0.6 is 11.3 Å². The van der Waals surface area contributed by atoms with Gasteiger partial charge < -0.3 is 15.2 Å². The third-order valence-electron chi connectivity index (χ3n) is 1.91. The molecule has 20 heavy (non-hydrogen) atoms. The molecule has 9 heteroatoms. The summed E-state index contributed by atoms with van der Waals surface area (Å²) in [6.45, 7) is 5.15. The van der Waals surface area contributed by atoms with E-state index in [0.29, 0.717) is 0 Å². The third kappa shape index (κ3) is 4.84. The van der Waals surface area contributed by atoms with Crippen molar-refractivity contribution in [2.24, 2.45) is 0 Å². The Bertz CT molecular complexity index is 508. The maximum absolute atomic E-state index is 11.5. The number of hydrogen-bond donors (Lipinski definition) is 3. The van der Waals surface area contributed by atoms with Crippen molar-refractivity contribution in [3.05, 3.63) is 11.1 Å². The second kappa shape index (κ2) is 6.33. The molecule has 1 aromatic rings. The molecule has 0 fully saturated rings. The first-order valence-corrected chi connectivity index (χ1v) is 6.49. The summed E-state index contributed by atoms with van der Waals surface area (Å²) in [6.07, 6.45) is -0.410. The molecule has 0 unspecified atom stereocenters. The lowest BCUT2D eigenvalue weighted by atomic mass is 10.2. The molecule has 2 amide bonds. The highest BCUT2D eigenvalue weighted by Crippen LogP contribution is 2.21. The molecule has 0 bridgehead atoms. The van der Waals surface area contributed by atoms with E-state index >= 15 is 0 Å². The summed E-state index contributed by atoms with van der Waals surface area (Å²) in [6, 6.07) is -1.25. The highest BCUT2D eigenvalue weighted by Gasteiger charge is 2.23. The van der Waals surface area contributed by atoms with Gasteiger partial charge in [0.2, 0.25) is 6.41 Å². The van der Waals surface area contributed by atoms with E-state index in [1.165, 1.54) is 5.38 Å². The molecule has 8 nitrogen and oxygen atoms in total. The van der Waals surface area contributed by atoms with Crippen molar-refractivity contribution >= 4 is 34.9 Å². The average molecular weight is 301 g/mol. The molecule has 1 aromatic heterocycles. The fourth-order valence-electron chi connectivity index (χ4n) is 1.22. The number of nitrogens with one attached hydrogen (secondary N) is 2. The van der Waals surface area contributed by atoms with Crippen LogP contribution in [0.4, 0.5) is 9.93 Å². The number of carboxylic acids is 1. The van der Waals surface area contributed by atoms with Gasteiger partial charge in [0.25, 0.3) is 0 Å². The molecule has 0 saturated heterocycles. The fourth-order valence-corrected chi connectivity index (χ4v) is 1.94. The van der Waals surface area contributed by atoms with Gasteiger partial charge in [-0.15, -0.1) is 11.3 Å². The minimum atomic E-state index is -1.25. The van der Waals surface area contributed by atoms with E-state index < -0.39 is 23.7 Å². The molecule has 3 N–H and O–H groups in total. The van der Waals surface area contributed by atoms with Gasteiger partial charge in [0.15, 0.2) is 11.2 Å². The number of nitrogens with zero attached hydrogens (tertiary/aromatic N) is 1. The Morgan fingerprint density at radius 2 is 2.15 bits per heavy atom. The molecule has 110 valence electrons. The molecule has 1 atom stereocenters. The fraction of sp³-hybridized carbons (Fsp3) is 0.455. The van der Waals surface area contributed by atoms with Crippen LogP contribution in [0.15, 0.2) is 5.38 Å². The zero-order chi connectivity index (χ0) is 15.3. The number of rotatable bonds is 5. The van der Waals surface area contributed by atoms with Crippen LogP contribution in [-0.4, -0.2) is 34.2 Å². The maximum Gasteiger partial charge on any atom is 0.413 e. The summed E-state index contributed by atoms with van der Waals surface area (Å²) >= 11 is 1.03. The van der Waals surface area contributed by atoms with Gasteiger partial charge in [-0.3, -0.25) is 10.1 Å². The Morgan fingerprint density at radius 1 is 1.50 bits per heavy atom. The monoisotopic (exact) mass is 301 g/mol. The summed E-state index contributed by atoms with van der Waals surface area (Å²) in [5, 5.41) is 15.1. The summed E-state index contributed by atoms with van der Waals surface area (Å²) in [7, 11) is 0. The number of aromatic nitrogens is 1. The Hall–Kier alpha value is -2.16. The lowest BCUT2D eigenvalue weighted by Crippen LogP contribution is -2.28. The summed E-state index contributed by atoms with van der Waals surface area (Å²) in [4.78, 5) is 36.7. The van der Waals surface area contributed by atoms with Crippen LogP contribution in [0.2, 0.25) is 0 Å². The van der Waals surface area contributed by atoms with Crippen LogP contribution in [-0.2, 0) is 14.3 Å². The first kappa shape index (κ1) is 15.9. The topological polar surface area (TPSA) is 118 Å². The van der Waals surface area contributed by atoms with E-state index in [4.69, 9.17) is 9.84 Å². The maximum atomic E-state index is 11.5. The minimum Gasteiger partial charge on any atom is -0.479 e. The molecule has 0 radical (unpaired) electrons. The Kier molecular flexibility index (Phi) is 5.03. The minimum absolute atomic E-state index is 0.126. The van der Waals surface area contributed by atoms with Gasteiger partial charge in [-0.05, 0) is 20.8 Å². The number of anilines is 1. The first-order valence-electron chi connectivity index (χ1n) is 5.61. The number of amides is 2. The van der Waals surface area contributed by atoms with Gasteiger partial charge in [0, 0.05) is 5.38 Å². The molecule has 0 aliphatic rings. The van der Waals surface area contributed by atoms with Gasteiger partial charge >= 0.3 is 12.1 Å². The normalized spacial score (nSPS) is 12.3. The standard InChI is InChI=1S/C11H15N3O5S/c1-11(2,3)19-10(18)14-9-13-6(4-20-9)7(8(16)17)12-5-15/h4-5,7H,1-3H3,(H,12,15)(H,16,17)(H,13,14,18)/t7-/m1/s1. The first-order chi connectivity index (χ1) is 9.23. The molecular formula is C11H15N3O5S. The SMILES string of the molecule is CC(C)(C)OC(=O)Nc1nc([C@@H](NC=O)C(=O)O)cs1. The van der Waals surface area contributed by atoms with E-state index in [9.17, 15) is 14.4 Å². The van der Waals surface area contributed by atoms with Crippen LogP contribution in [0.25, 0.3) is 0 Å². The molecular weight excluding hydrogens is 286 g/mol. The van der Waals surface area contributed by atoms with Gasteiger partial charge in [-0.1, -0.05) is 0 Å². The van der Waals surface area contributed by atoms with E-state index in [1.54, 1.807) is 20.8 Å². The predicted molar refractivity (Wildman–Crippen MR) is 71.5 cm³/mol. The molecule has 1 heterocycles. The number of carbonyl (C=O) groups is 3. The van der Waals surface area contributed by atoms with Crippen molar-refractivity contribution in [1.29, 1.82) is 0 Å². The van der Waals surface area contributed by atoms with Crippen LogP contribution in [0, 0.1) is 0 Å². The lowest BCUT2D eigenvalue weighted by Gasteiger charge is -2.18. The van der Waals surface area contributed by atoms with Crippen molar-refractivity contribution in [1.82, 2.24) is 10.3 Å². The number of carboxylic acid groups (broad SMARTS) is 1. The molecule has 0 spiro atoms. The van der Waals surface area contributed by atoms with Gasteiger partial charge in [-0.2, -0.15) is 0 Å². The van der Waals surface area contributed by atoms with Crippen molar-refractivity contribution in [2.75, 3.05) is 5.32 Å². The van der Waals surface area contributed by atoms with E-state index in [-0.39, 0.29) is 17.2 Å². The molecule has 0 saturated carbocycles. The number of carbonyl (C=O) groups excluding carboxylic acids is 2. The zero-order valence-electron chi connectivity index (χ0n) is 11.2. The van der Waals surface area contributed by atoms with Crippen molar-refractivity contribution in [3.8, 4) is 0 Å². The van der Waals surface area contributed by atoms with Gasteiger partial charge in [0.1, 0.15) is 5.60 Å². The van der Waals surface area contributed by atoms with Gasteiger partial charge in [-0.25, -0.2) is 14.6 Å². The van der Waals surface area contributed by atoms with E-state index in [1.807, 2.05) is 0 Å². The van der Waals surface area contributed by atoms with Crippen LogP contribution in [0.3, 0.4) is 0 Å². The second-order valence-electron chi connectivity index (χ2n) is 4.76. The second-order valence-corrected chi connectivity index (χ2v) is 5.62. The highest BCUT2D eigenvalue weighted by molar-refractivity contribution is 7.13. The van der Waals surface area contributed by atoms with Crippen molar-refractivity contribution in [3.63, 3.8) is 0 Å². The largest absolute Gasteiger partial charge is 0.479 e. The van der Waals surface area contributed by atoms with Gasteiger partial charge in [0.05, 0.1) is 5.69 Å². The molecule has 0 aliphatic heterocycles. The smallest absolute Gasteiger partial charge is 0.413 e. The molecule has 0 aromatic carbocycles. The summed E-state index contributed by atoms with van der Waals surface area (Å²) in [5.74, 6) is -1.24. The zero-order valence-corrected chi connectivity index (χ0v) is 12.0. The highest BCUT2D eigenvalue weighted by atomic mass is 32.1. The van der Waals surface area contributed by atoms with Crippen LogP contribution in [0.5, 0.6) is 0 Å². The quantitative estimate of drug-likeness (QED) is 0.707. The third-order valence-corrected chi connectivity index (χ3v) is 2.68. The summed E-state index contributed by atoms with van der Waals surface area (Å²) in [5.41, 5.74) is -0.520. The van der Waals surface area contributed by atoms with Crippen LogP contribution < -0.4 is 10.6 Å². The number of thiazole rings is 1. The average Bonchev–Trinajstić information content (AvgIpc) is 2.70. The predicted octanol–water partition coefficient (Wildman–Crippen LogP) is 1.36. The summed E-state index contributed by atoms with van der Waals surface area (Å²) < 4.78 is 5.03. The van der Waals surface area contributed by atoms with Crippen molar-refractivity contribution < 1.29 is 24.2 Å². The number of aliphatic carboxylic acids is 1. The lowest BCUT2D eigenvalue weighted by molar-refractivity contribution is -0.140. The Balaban J connectivity index is 2.74. The number of ether oxygens (including phenoxy) is 1. The molecule has 1 rings (SSSR count). The van der Waals surface area contributed by atoms with E-state index in [2.05, 4.69) is 15.6 Å². The Morgan fingerprint density at radius 3 is 2.65 bits per heavy atom. The van der Waals surface area contributed by atoms with E-state index in [0.717, 1.165) is 11.3 Å². The Labute approximate surface area is 119 Å². The molecule has 0 aliphatic carbocycles. The van der Waals surface area contributed by atoms with Crippen molar-refractivity contribution in [2.45, 2.75) is 32.4 Å². The van der Waals surface area contributed by atoms with Crippen LogP contribution in [0.1, 0.15) is 32.5 Å². The number of hydrogen-bond acceptors (Lipinski definition) is 6.